The van der Waals surface area contributed by atoms with Gasteiger partial charge in [-0.1, -0.05) is 17.7 Å². The minimum atomic E-state index is -0.592. The van der Waals surface area contributed by atoms with E-state index < -0.39 is 11.8 Å². The van der Waals surface area contributed by atoms with Gasteiger partial charge in [-0.05, 0) is 24.6 Å². The van der Waals surface area contributed by atoms with E-state index in [-0.39, 0.29) is 23.0 Å². The molecule has 2 rings (SSSR count). The molecule has 0 spiro atoms. The molecule has 1 heterocycles. The van der Waals surface area contributed by atoms with E-state index in [1.54, 1.807) is 14.0 Å². The van der Waals surface area contributed by atoms with Gasteiger partial charge in [-0.2, -0.15) is 5.10 Å². The summed E-state index contributed by atoms with van der Waals surface area (Å²) >= 11 is 5.65. The predicted octanol–water partition coefficient (Wildman–Crippen LogP) is 2.46. The van der Waals surface area contributed by atoms with E-state index in [0.717, 1.165) is 0 Å². The van der Waals surface area contributed by atoms with E-state index in [0.29, 0.717) is 11.3 Å². The van der Waals surface area contributed by atoms with Crippen LogP contribution in [0.3, 0.4) is 0 Å². The number of nitrogens with zero attached hydrogens (tertiary/aromatic N) is 2. The van der Waals surface area contributed by atoms with E-state index in [9.17, 15) is 9.18 Å². The molecule has 0 aliphatic rings. The number of carbonyl (C=O) groups is 1. The first-order valence-corrected chi connectivity index (χ1v) is 6.18. The Hall–Kier alpha value is -2.08. The van der Waals surface area contributed by atoms with Crippen molar-refractivity contribution in [3.05, 3.63) is 46.0 Å². The number of nitrogen functional groups attached to an aromatic ring is 1. The summed E-state index contributed by atoms with van der Waals surface area (Å²) in [6, 6.07) is 4.11. The molecule has 2 aromatic rings. The Balaban J connectivity index is 2.10. The fourth-order valence-electron chi connectivity index (χ4n) is 1.76. The lowest BCUT2D eigenvalue weighted by Gasteiger charge is -2.06. The maximum absolute atomic E-state index is 13.0. The number of aromatic nitrogens is 2. The van der Waals surface area contributed by atoms with Gasteiger partial charge in [0.15, 0.2) is 5.69 Å². The van der Waals surface area contributed by atoms with Gasteiger partial charge in [-0.25, -0.2) is 9.18 Å². The smallest absolute Gasteiger partial charge is 0.359 e. The summed E-state index contributed by atoms with van der Waals surface area (Å²) in [6.45, 7) is 1.67. The number of rotatable bonds is 3. The third-order valence-electron chi connectivity index (χ3n) is 2.82. The van der Waals surface area contributed by atoms with Crippen molar-refractivity contribution in [1.29, 1.82) is 0 Å². The Morgan fingerprint density at radius 2 is 2.25 bits per heavy atom. The molecule has 0 atom stereocenters. The van der Waals surface area contributed by atoms with E-state index in [1.807, 2.05) is 0 Å². The molecule has 0 radical (unpaired) electrons. The number of hydrogen-bond acceptors (Lipinski definition) is 4. The molecule has 2 N–H and O–H groups in total. The number of esters is 1. The third-order valence-corrected chi connectivity index (χ3v) is 3.11. The van der Waals surface area contributed by atoms with Crippen LogP contribution in [0, 0.1) is 12.7 Å². The minimum absolute atomic E-state index is 0.0190. The molecule has 0 aliphatic carbocycles. The number of carbonyl (C=O) groups excluding carboxylic acids is 1. The van der Waals surface area contributed by atoms with Gasteiger partial charge in [0, 0.05) is 7.05 Å². The number of nitrogens with two attached hydrogens (primary N) is 1. The first kappa shape index (κ1) is 14.3. The van der Waals surface area contributed by atoms with Gasteiger partial charge in [0.2, 0.25) is 0 Å². The van der Waals surface area contributed by atoms with E-state index in [2.05, 4.69) is 5.10 Å². The Labute approximate surface area is 120 Å². The minimum Gasteiger partial charge on any atom is -0.456 e. The lowest BCUT2D eigenvalue weighted by atomic mass is 10.2. The third kappa shape index (κ3) is 2.75. The molecule has 0 fully saturated rings. The van der Waals surface area contributed by atoms with Crippen molar-refractivity contribution in [3.63, 3.8) is 0 Å². The molecule has 0 unspecified atom stereocenters. The molecule has 0 saturated heterocycles. The van der Waals surface area contributed by atoms with Crippen molar-refractivity contribution in [2.75, 3.05) is 5.73 Å². The number of ether oxygens (including phenoxy) is 1. The average molecular weight is 298 g/mol. The van der Waals surface area contributed by atoms with Gasteiger partial charge in [0.1, 0.15) is 12.4 Å². The SMILES string of the molecule is Cc1nn(C)c(C(=O)OCc2ccc(F)c(Cl)c2)c1N. The van der Waals surface area contributed by atoms with Crippen LogP contribution in [0.1, 0.15) is 21.7 Å². The highest BCUT2D eigenvalue weighted by atomic mass is 35.5. The van der Waals surface area contributed by atoms with E-state index >= 15 is 0 Å². The quantitative estimate of drug-likeness (QED) is 0.884. The number of anilines is 1. The summed E-state index contributed by atoms with van der Waals surface area (Å²) in [6.07, 6.45) is 0. The molecule has 7 heteroatoms. The Morgan fingerprint density at radius 3 is 2.80 bits per heavy atom. The molecule has 0 bridgehead atoms. The fourth-order valence-corrected chi connectivity index (χ4v) is 1.97. The van der Waals surface area contributed by atoms with Crippen LogP contribution >= 0.6 is 11.6 Å². The normalized spacial score (nSPS) is 10.6. The summed E-state index contributed by atoms with van der Waals surface area (Å²) in [5.74, 6) is -1.11. The van der Waals surface area contributed by atoms with Crippen LogP contribution in [-0.2, 0) is 18.4 Å². The summed E-state index contributed by atoms with van der Waals surface area (Å²) in [5.41, 5.74) is 7.38. The molecule has 106 valence electrons. The van der Waals surface area contributed by atoms with Crippen LogP contribution in [0.15, 0.2) is 18.2 Å². The fraction of sp³-hybridized carbons (Fsp3) is 0.231. The lowest BCUT2D eigenvalue weighted by Crippen LogP contribution is -2.12. The second-order valence-corrected chi connectivity index (χ2v) is 4.70. The zero-order chi connectivity index (χ0) is 14.9. The number of aryl methyl sites for hydroxylation is 2. The molecule has 0 aliphatic heterocycles. The number of halogens is 2. The first-order valence-electron chi connectivity index (χ1n) is 5.80. The molecule has 5 nitrogen and oxygen atoms in total. The van der Waals surface area contributed by atoms with Gasteiger partial charge in [0.05, 0.1) is 16.4 Å². The molecule has 20 heavy (non-hydrogen) atoms. The second kappa shape index (κ2) is 5.50. The topological polar surface area (TPSA) is 70.1 Å². The van der Waals surface area contributed by atoms with Gasteiger partial charge in [0.25, 0.3) is 0 Å². The Kier molecular flexibility index (Phi) is 3.94. The summed E-state index contributed by atoms with van der Waals surface area (Å²) in [4.78, 5) is 12.0. The largest absolute Gasteiger partial charge is 0.456 e. The molecule has 1 aromatic carbocycles. The van der Waals surface area contributed by atoms with Crippen LogP contribution < -0.4 is 5.73 Å². The van der Waals surface area contributed by atoms with Gasteiger partial charge in [-0.3, -0.25) is 4.68 Å². The zero-order valence-electron chi connectivity index (χ0n) is 11.0. The molecule has 1 aromatic heterocycles. The monoisotopic (exact) mass is 297 g/mol. The maximum atomic E-state index is 13.0. The number of benzene rings is 1. The van der Waals surface area contributed by atoms with Crippen molar-refractivity contribution < 1.29 is 13.9 Å². The molecule has 0 saturated carbocycles. The molecular formula is C13H13ClFN3O2. The van der Waals surface area contributed by atoms with Gasteiger partial charge >= 0.3 is 5.97 Å². The van der Waals surface area contributed by atoms with E-state index in [1.165, 1.54) is 22.9 Å². The maximum Gasteiger partial charge on any atom is 0.359 e. The van der Waals surface area contributed by atoms with Crippen molar-refractivity contribution in [2.45, 2.75) is 13.5 Å². The standard InChI is InChI=1S/C13H13ClFN3O2/c1-7-11(16)12(18(2)17-7)13(19)20-6-8-3-4-10(15)9(14)5-8/h3-5H,6,16H2,1-2H3. The van der Waals surface area contributed by atoms with Crippen LogP contribution in [0.25, 0.3) is 0 Å². The van der Waals surface area contributed by atoms with Crippen molar-refractivity contribution in [1.82, 2.24) is 9.78 Å². The van der Waals surface area contributed by atoms with Crippen LogP contribution in [0.4, 0.5) is 10.1 Å². The highest BCUT2D eigenvalue weighted by Crippen LogP contribution is 2.19. The lowest BCUT2D eigenvalue weighted by molar-refractivity contribution is 0.0461. The van der Waals surface area contributed by atoms with Gasteiger partial charge < -0.3 is 10.5 Å². The van der Waals surface area contributed by atoms with Crippen molar-refractivity contribution in [3.8, 4) is 0 Å². The van der Waals surface area contributed by atoms with Crippen LogP contribution in [0.5, 0.6) is 0 Å². The Bertz CT molecular complexity index is 670. The average Bonchev–Trinajstić information content (AvgIpc) is 2.64. The summed E-state index contributed by atoms with van der Waals surface area (Å²) in [5, 5.41) is 4.01. The number of hydrogen-bond donors (Lipinski definition) is 1. The van der Waals surface area contributed by atoms with Crippen LogP contribution in [-0.4, -0.2) is 15.7 Å². The molecule has 0 amide bonds. The van der Waals surface area contributed by atoms with Crippen molar-refractivity contribution >= 4 is 23.3 Å². The van der Waals surface area contributed by atoms with Crippen molar-refractivity contribution in [2.24, 2.45) is 7.05 Å². The summed E-state index contributed by atoms with van der Waals surface area (Å²) in [7, 11) is 1.61. The van der Waals surface area contributed by atoms with Crippen LogP contribution in [0.2, 0.25) is 5.02 Å². The first-order chi connectivity index (χ1) is 9.40. The highest BCUT2D eigenvalue weighted by molar-refractivity contribution is 6.30. The van der Waals surface area contributed by atoms with E-state index in [4.69, 9.17) is 22.1 Å². The predicted molar refractivity (Wildman–Crippen MR) is 72.9 cm³/mol. The zero-order valence-corrected chi connectivity index (χ0v) is 11.7. The summed E-state index contributed by atoms with van der Waals surface area (Å²) < 4.78 is 19.5. The second-order valence-electron chi connectivity index (χ2n) is 4.30. The molecular weight excluding hydrogens is 285 g/mol. The van der Waals surface area contributed by atoms with Gasteiger partial charge in [-0.15, -0.1) is 0 Å². The highest BCUT2D eigenvalue weighted by Gasteiger charge is 2.19. The Morgan fingerprint density at radius 1 is 1.55 bits per heavy atom.